The zero-order valence-electron chi connectivity index (χ0n) is 9.15. The van der Waals surface area contributed by atoms with Crippen LogP contribution in [0.5, 0.6) is 0 Å². The van der Waals surface area contributed by atoms with Crippen LogP contribution in [0, 0.1) is 17.0 Å². The first-order chi connectivity index (χ1) is 8.61. The summed E-state index contributed by atoms with van der Waals surface area (Å²) >= 11 is 0.927. The molecule has 2 aromatic rings. The van der Waals surface area contributed by atoms with Gasteiger partial charge in [-0.3, -0.25) is 10.1 Å². The summed E-state index contributed by atoms with van der Waals surface area (Å²) < 4.78 is 5.09. The van der Waals surface area contributed by atoms with Crippen molar-refractivity contribution in [3.8, 4) is 0 Å². The summed E-state index contributed by atoms with van der Waals surface area (Å²) in [6.45, 7) is 1.74. The maximum Gasteiger partial charge on any atom is 0.345 e. The molecule has 0 radical (unpaired) electrons. The molecule has 94 valence electrons. The summed E-state index contributed by atoms with van der Waals surface area (Å²) in [7, 11) is 0. The lowest BCUT2D eigenvalue weighted by atomic mass is 10.5. The molecule has 10 heteroatoms. The third-order valence-corrected chi connectivity index (χ3v) is 2.74. The molecule has 2 aromatic heterocycles. The minimum Gasteiger partial charge on any atom is -0.439 e. The van der Waals surface area contributed by atoms with Gasteiger partial charge in [0.2, 0.25) is 5.82 Å². The minimum atomic E-state index is -0.618. The fourth-order valence-electron chi connectivity index (χ4n) is 1.17. The van der Waals surface area contributed by atoms with Crippen molar-refractivity contribution in [1.29, 1.82) is 0 Å². The van der Waals surface area contributed by atoms with Crippen molar-refractivity contribution in [3.05, 3.63) is 28.4 Å². The van der Waals surface area contributed by atoms with Crippen LogP contribution in [0.25, 0.3) is 0 Å². The number of nitrogens with two attached hydrogens (primary N) is 1. The Morgan fingerprint density at radius 3 is 2.89 bits per heavy atom. The molecule has 2 rings (SSSR count). The van der Waals surface area contributed by atoms with Crippen LogP contribution in [0.1, 0.15) is 5.69 Å². The Kier molecular flexibility index (Phi) is 3.39. The Hall–Kier alpha value is -2.20. The Balaban J connectivity index is 2.41. The number of hydrazine groups is 1. The van der Waals surface area contributed by atoms with Gasteiger partial charge in [-0.1, -0.05) is 0 Å². The number of hydrogen-bond acceptors (Lipinski definition) is 9. The van der Waals surface area contributed by atoms with Crippen LogP contribution in [0.15, 0.2) is 27.3 Å². The number of oxazole rings is 1. The first-order valence-electron chi connectivity index (χ1n) is 4.68. The number of aromatic nitrogens is 3. The van der Waals surface area contributed by atoms with E-state index in [2.05, 4.69) is 20.4 Å². The van der Waals surface area contributed by atoms with Crippen molar-refractivity contribution in [2.45, 2.75) is 17.2 Å². The monoisotopic (exact) mass is 268 g/mol. The van der Waals surface area contributed by atoms with Gasteiger partial charge in [0.1, 0.15) is 12.6 Å². The van der Waals surface area contributed by atoms with E-state index in [9.17, 15) is 10.1 Å². The van der Waals surface area contributed by atoms with E-state index in [0.29, 0.717) is 5.69 Å². The Bertz CT molecular complexity index is 586. The van der Waals surface area contributed by atoms with Gasteiger partial charge in [0.15, 0.2) is 5.03 Å². The summed E-state index contributed by atoms with van der Waals surface area (Å²) in [5, 5.41) is 11.3. The molecule has 0 aromatic carbocycles. The van der Waals surface area contributed by atoms with Crippen molar-refractivity contribution in [2.24, 2.45) is 5.84 Å². The average Bonchev–Trinajstić information content (AvgIpc) is 2.74. The number of nitrogens with one attached hydrogen (secondary N) is 1. The molecular weight excluding hydrogens is 260 g/mol. The van der Waals surface area contributed by atoms with Gasteiger partial charge in [0.05, 0.1) is 10.6 Å². The van der Waals surface area contributed by atoms with E-state index in [4.69, 9.17) is 10.3 Å². The lowest BCUT2D eigenvalue weighted by molar-refractivity contribution is -0.387. The second-order valence-corrected chi connectivity index (χ2v) is 4.07. The van der Waals surface area contributed by atoms with E-state index in [-0.39, 0.29) is 21.8 Å². The van der Waals surface area contributed by atoms with Crippen LogP contribution < -0.4 is 11.3 Å². The van der Waals surface area contributed by atoms with Crippen LogP contribution in [0.2, 0.25) is 0 Å². The molecule has 0 aliphatic rings. The van der Waals surface area contributed by atoms with Crippen LogP contribution in [-0.2, 0) is 0 Å². The van der Waals surface area contributed by atoms with Crippen molar-refractivity contribution >= 4 is 23.3 Å². The molecule has 2 heterocycles. The van der Waals surface area contributed by atoms with Crippen molar-refractivity contribution in [3.63, 3.8) is 0 Å². The molecule has 18 heavy (non-hydrogen) atoms. The van der Waals surface area contributed by atoms with Gasteiger partial charge < -0.3 is 9.84 Å². The van der Waals surface area contributed by atoms with Crippen molar-refractivity contribution in [2.75, 3.05) is 5.43 Å². The van der Waals surface area contributed by atoms with E-state index in [0.717, 1.165) is 11.8 Å². The number of nitro groups is 1. The fourth-order valence-corrected chi connectivity index (χ4v) is 1.99. The van der Waals surface area contributed by atoms with Crippen LogP contribution >= 0.6 is 11.8 Å². The van der Waals surface area contributed by atoms with E-state index in [1.54, 1.807) is 6.92 Å². The second-order valence-electron chi connectivity index (χ2n) is 3.13. The number of nitrogen functional groups attached to an aromatic ring is 1. The SMILES string of the molecule is Cc1coc(Sc2ncnc(NN)c2[N+](=O)[O-])n1. The maximum atomic E-state index is 11.0. The topological polar surface area (TPSA) is 133 Å². The normalized spacial score (nSPS) is 10.3. The molecule has 0 unspecified atom stereocenters. The third-order valence-electron chi connectivity index (χ3n) is 1.89. The molecule has 0 saturated carbocycles. The molecule has 0 atom stereocenters. The molecule has 0 fully saturated rings. The van der Waals surface area contributed by atoms with E-state index >= 15 is 0 Å². The molecule has 3 N–H and O–H groups in total. The second kappa shape index (κ2) is 4.98. The van der Waals surface area contributed by atoms with Gasteiger partial charge in [-0.25, -0.2) is 20.8 Å². The minimum absolute atomic E-state index is 0.0687. The van der Waals surface area contributed by atoms with Gasteiger partial charge in [-0.2, -0.15) is 0 Å². The van der Waals surface area contributed by atoms with E-state index in [1.165, 1.54) is 12.6 Å². The van der Waals surface area contributed by atoms with E-state index < -0.39 is 4.92 Å². The number of aryl methyl sites for hydroxylation is 1. The Morgan fingerprint density at radius 2 is 2.33 bits per heavy atom. The molecule has 0 bridgehead atoms. The third kappa shape index (κ3) is 2.38. The highest BCUT2D eigenvalue weighted by Crippen LogP contribution is 2.35. The van der Waals surface area contributed by atoms with Crippen LogP contribution in [-0.4, -0.2) is 19.9 Å². The molecule has 0 aliphatic carbocycles. The highest BCUT2D eigenvalue weighted by Gasteiger charge is 2.24. The van der Waals surface area contributed by atoms with Gasteiger partial charge in [0, 0.05) is 0 Å². The summed E-state index contributed by atoms with van der Waals surface area (Å²) in [5.74, 6) is 5.09. The van der Waals surface area contributed by atoms with Gasteiger partial charge in [-0.05, 0) is 18.7 Å². The summed E-state index contributed by atoms with van der Waals surface area (Å²) in [4.78, 5) is 21.9. The van der Waals surface area contributed by atoms with Crippen molar-refractivity contribution < 1.29 is 9.34 Å². The lowest BCUT2D eigenvalue weighted by Crippen LogP contribution is -2.12. The van der Waals surface area contributed by atoms with Gasteiger partial charge in [0.25, 0.3) is 5.22 Å². The summed E-state index contributed by atoms with van der Waals surface area (Å²) in [6, 6.07) is 0. The Morgan fingerprint density at radius 1 is 1.56 bits per heavy atom. The highest BCUT2D eigenvalue weighted by atomic mass is 32.2. The van der Waals surface area contributed by atoms with Crippen LogP contribution in [0.4, 0.5) is 11.5 Å². The fraction of sp³-hybridized carbons (Fsp3) is 0.125. The smallest absolute Gasteiger partial charge is 0.345 e. The zero-order chi connectivity index (χ0) is 13.1. The van der Waals surface area contributed by atoms with Gasteiger partial charge >= 0.3 is 5.69 Å². The summed E-state index contributed by atoms with van der Waals surface area (Å²) in [5.41, 5.74) is 2.51. The quantitative estimate of drug-likeness (QED) is 0.362. The lowest BCUT2D eigenvalue weighted by Gasteiger charge is -2.02. The summed E-state index contributed by atoms with van der Waals surface area (Å²) in [6.07, 6.45) is 2.61. The maximum absolute atomic E-state index is 11.0. The number of nitrogens with zero attached hydrogens (tertiary/aromatic N) is 4. The largest absolute Gasteiger partial charge is 0.439 e. The first kappa shape index (κ1) is 12.3. The molecule has 0 saturated heterocycles. The van der Waals surface area contributed by atoms with Crippen molar-refractivity contribution in [1.82, 2.24) is 15.0 Å². The molecule has 0 aliphatic heterocycles. The van der Waals surface area contributed by atoms with Crippen LogP contribution in [0.3, 0.4) is 0 Å². The van der Waals surface area contributed by atoms with Gasteiger partial charge in [-0.15, -0.1) is 0 Å². The predicted octanol–water partition coefficient (Wildman–Crippen LogP) is 1.12. The van der Waals surface area contributed by atoms with E-state index in [1.807, 2.05) is 0 Å². The predicted molar refractivity (Wildman–Crippen MR) is 61.9 cm³/mol. The number of rotatable bonds is 4. The average molecular weight is 268 g/mol. The standard InChI is InChI=1S/C8H8N6O3S/c1-4-2-17-8(12-4)18-7-5(14(15)16)6(13-9)10-3-11-7/h2-3H,9H2,1H3,(H,10,11,13). The number of anilines is 1. The number of hydrogen-bond donors (Lipinski definition) is 2. The molecule has 9 nitrogen and oxygen atoms in total. The Labute approximate surface area is 105 Å². The molecule has 0 amide bonds. The zero-order valence-corrected chi connectivity index (χ0v) is 9.97. The first-order valence-corrected chi connectivity index (χ1v) is 5.49. The molecular formula is C8H8N6O3S. The highest BCUT2D eigenvalue weighted by molar-refractivity contribution is 7.99. The molecule has 0 spiro atoms.